The highest BCUT2D eigenvalue weighted by Crippen LogP contribution is 2.28. The number of aromatic nitrogens is 2. The molecule has 3 rings (SSSR count). The normalized spacial score (nSPS) is 25.9. The predicted molar refractivity (Wildman–Crippen MR) is 74.8 cm³/mol. The molecule has 2 aliphatic heterocycles. The molecule has 1 N–H and O–H groups in total. The van der Waals surface area contributed by atoms with E-state index in [1.807, 2.05) is 6.07 Å². The van der Waals surface area contributed by atoms with Gasteiger partial charge in [0.25, 0.3) is 0 Å². The van der Waals surface area contributed by atoms with Crippen molar-refractivity contribution < 1.29 is 9.53 Å². The van der Waals surface area contributed by atoms with Gasteiger partial charge >= 0.3 is 5.97 Å². The van der Waals surface area contributed by atoms with E-state index in [-0.39, 0.29) is 5.69 Å². The van der Waals surface area contributed by atoms with Crippen LogP contribution in [0.5, 0.6) is 0 Å². The Bertz CT molecular complexity index is 471. The van der Waals surface area contributed by atoms with E-state index < -0.39 is 5.97 Å². The summed E-state index contributed by atoms with van der Waals surface area (Å²) in [5.41, 5.74) is 0.256. The molecule has 0 spiro atoms. The summed E-state index contributed by atoms with van der Waals surface area (Å²) < 4.78 is 4.64. The van der Waals surface area contributed by atoms with Crippen LogP contribution in [0.3, 0.4) is 0 Å². The lowest BCUT2D eigenvalue weighted by atomic mass is 10.0. The summed E-state index contributed by atoms with van der Waals surface area (Å²) in [6.07, 6.45) is 4.86. The Morgan fingerprint density at radius 3 is 2.90 bits per heavy atom. The van der Waals surface area contributed by atoms with Crippen molar-refractivity contribution in [3.63, 3.8) is 0 Å². The molecule has 108 valence electrons. The molecule has 2 atom stereocenters. The van der Waals surface area contributed by atoms with Crippen molar-refractivity contribution in [3.8, 4) is 0 Å². The first kappa shape index (κ1) is 13.3. The molecule has 0 aromatic carbocycles. The SMILES string of the molecule is COC(=O)c1ccc(N2CCCC2C2CCCN2)nn1. The largest absolute Gasteiger partial charge is 0.464 e. The lowest BCUT2D eigenvalue weighted by molar-refractivity contribution is 0.0592. The van der Waals surface area contributed by atoms with Crippen LogP contribution < -0.4 is 10.2 Å². The smallest absolute Gasteiger partial charge is 0.358 e. The Balaban J connectivity index is 1.75. The van der Waals surface area contributed by atoms with Crippen molar-refractivity contribution in [2.45, 2.75) is 37.8 Å². The zero-order valence-corrected chi connectivity index (χ0v) is 11.7. The number of nitrogens with one attached hydrogen (secondary N) is 1. The third-order valence-electron chi connectivity index (χ3n) is 4.20. The molecule has 6 heteroatoms. The Hall–Kier alpha value is -1.69. The number of hydrogen-bond acceptors (Lipinski definition) is 6. The van der Waals surface area contributed by atoms with Crippen LogP contribution in [0.4, 0.5) is 5.82 Å². The van der Waals surface area contributed by atoms with Gasteiger partial charge in [0.05, 0.1) is 7.11 Å². The zero-order valence-electron chi connectivity index (χ0n) is 11.7. The highest BCUT2D eigenvalue weighted by atomic mass is 16.5. The van der Waals surface area contributed by atoms with E-state index in [2.05, 4.69) is 25.2 Å². The maximum absolute atomic E-state index is 11.4. The van der Waals surface area contributed by atoms with Gasteiger partial charge in [0.1, 0.15) is 0 Å². The van der Waals surface area contributed by atoms with Crippen molar-refractivity contribution in [1.29, 1.82) is 0 Å². The molecule has 3 heterocycles. The molecule has 0 saturated carbocycles. The number of anilines is 1. The fourth-order valence-corrected chi connectivity index (χ4v) is 3.23. The van der Waals surface area contributed by atoms with Crippen molar-refractivity contribution in [3.05, 3.63) is 17.8 Å². The van der Waals surface area contributed by atoms with Crippen LogP contribution in [0.2, 0.25) is 0 Å². The average Bonchev–Trinajstić information content (AvgIpc) is 3.16. The fraction of sp³-hybridized carbons (Fsp3) is 0.643. The molecule has 2 unspecified atom stereocenters. The predicted octanol–water partition coefficient (Wildman–Crippen LogP) is 0.984. The van der Waals surface area contributed by atoms with E-state index in [1.54, 1.807) is 6.07 Å². The standard InChI is InChI=1S/C14H20N4O2/c1-20-14(19)11-6-7-13(17-16-11)18-9-3-5-12(18)10-4-2-8-15-10/h6-7,10,12,15H,2-5,8-9H2,1H3. The summed E-state index contributed by atoms with van der Waals surface area (Å²) in [4.78, 5) is 13.7. The fourth-order valence-electron chi connectivity index (χ4n) is 3.23. The topological polar surface area (TPSA) is 67.3 Å². The number of hydrogen-bond donors (Lipinski definition) is 1. The van der Waals surface area contributed by atoms with Crippen LogP contribution >= 0.6 is 0 Å². The van der Waals surface area contributed by atoms with E-state index in [0.29, 0.717) is 12.1 Å². The summed E-state index contributed by atoms with van der Waals surface area (Å²) >= 11 is 0. The lowest BCUT2D eigenvalue weighted by Gasteiger charge is -2.30. The van der Waals surface area contributed by atoms with E-state index >= 15 is 0 Å². The van der Waals surface area contributed by atoms with Crippen LogP contribution in [-0.4, -0.2) is 48.4 Å². The minimum Gasteiger partial charge on any atom is -0.464 e. The van der Waals surface area contributed by atoms with Crippen molar-refractivity contribution >= 4 is 11.8 Å². The number of carbonyl (C=O) groups excluding carboxylic acids is 1. The first-order valence-corrected chi connectivity index (χ1v) is 7.21. The van der Waals surface area contributed by atoms with Gasteiger partial charge in [0, 0.05) is 18.6 Å². The van der Waals surface area contributed by atoms with Gasteiger partial charge in [-0.15, -0.1) is 10.2 Å². The minimum absolute atomic E-state index is 0.256. The van der Waals surface area contributed by atoms with Crippen molar-refractivity contribution in [2.24, 2.45) is 0 Å². The molecule has 0 amide bonds. The molecular formula is C14H20N4O2. The van der Waals surface area contributed by atoms with Gasteiger partial charge in [0.2, 0.25) is 0 Å². The summed E-state index contributed by atoms with van der Waals surface area (Å²) in [5.74, 6) is 0.410. The van der Waals surface area contributed by atoms with E-state index in [4.69, 9.17) is 0 Å². The van der Waals surface area contributed by atoms with Crippen molar-refractivity contribution in [1.82, 2.24) is 15.5 Å². The molecular weight excluding hydrogens is 256 g/mol. The number of carbonyl (C=O) groups is 1. The molecule has 20 heavy (non-hydrogen) atoms. The Kier molecular flexibility index (Phi) is 3.82. The summed E-state index contributed by atoms with van der Waals surface area (Å²) in [6.45, 7) is 2.12. The first-order chi connectivity index (χ1) is 9.79. The lowest BCUT2D eigenvalue weighted by Crippen LogP contribution is -2.44. The Morgan fingerprint density at radius 2 is 2.25 bits per heavy atom. The highest BCUT2D eigenvalue weighted by Gasteiger charge is 2.34. The van der Waals surface area contributed by atoms with Gasteiger partial charge < -0.3 is 15.0 Å². The van der Waals surface area contributed by atoms with Gasteiger partial charge in [-0.05, 0) is 44.4 Å². The number of esters is 1. The molecule has 0 bridgehead atoms. The third kappa shape index (κ3) is 2.47. The van der Waals surface area contributed by atoms with Gasteiger partial charge in [-0.2, -0.15) is 0 Å². The second-order valence-corrected chi connectivity index (χ2v) is 5.37. The highest BCUT2D eigenvalue weighted by molar-refractivity contribution is 5.86. The number of nitrogens with zero attached hydrogens (tertiary/aromatic N) is 3. The molecule has 2 aliphatic rings. The third-order valence-corrected chi connectivity index (χ3v) is 4.20. The van der Waals surface area contributed by atoms with Crippen molar-refractivity contribution in [2.75, 3.05) is 25.1 Å². The molecule has 2 fully saturated rings. The number of methoxy groups -OCH3 is 1. The Morgan fingerprint density at radius 1 is 1.35 bits per heavy atom. The van der Waals surface area contributed by atoms with Gasteiger partial charge in [-0.1, -0.05) is 0 Å². The molecule has 2 saturated heterocycles. The van der Waals surface area contributed by atoms with Gasteiger partial charge in [0.15, 0.2) is 11.5 Å². The van der Waals surface area contributed by atoms with Gasteiger partial charge in [-0.3, -0.25) is 0 Å². The van der Waals surface area contributed by atoms with E-state index in [1.165, 1.54) is 32.8 Å². The minimum atomic E-state index is -0.445. The van der Waals surface area contributed by atoms with Crippen LogP contribution in [0.25, 0.3) is 0 Å². The molecule has 1 aromatic rings. The van der Waals surface area contributed by atoms with Crippen LogP contribution in [0.15, 0.2) is 12.1 Å². The Labute approximate surface area is 118 Å². The van der Waals surface area contributed by atoms with Crippen LogP contribution in [0.1, 0.15) is 36.2 Å². The van der Waals surface area contributed by atoms with E-state index in [9.17, 15) is 4.79 Å². The quantitative estimate of drug-likeness (QED) is 0.830. The molecule has 0 radical (unpaired) electrons. The average molecular weight is 276 g/mol. The zero-order chi connectivity index (χ0) is 13.9. The van der Waals surface area contributed by atoms with Gasteiger partial charge in [-0.25, -0.2) is 4.79 Å². The summed E-state index contributed by atoms with van der Waals surface area (Å²) in [6, 6.07) is 4.60. The number of rotatable bonds is 3. The second kappa shape index (κ2) is 5.75. The number of ether oxygens (including phenoxy) is 1. The van der Waals surface area contributed by atoms with Crippen LogP contribution in [-0.2, 0) is 4.74 Å². The summed E-state index contributed by atoms with van der Waals surface area (Å²) in [7, 11) is 1.35. The monoisotopic (exact) mass is 276 g/mol. The van der Waals surface area contributed by atoms with Crippen LogP contribution in [0, 0.1) is 0 Å². The second-order valence-electron chi connectivity index (χ2n) is 5.37. The molecule has 0 aliphatic carbocycles. The molecule has 6 nitrogen and oxygen atoms in total. The first-order valence-electron chi connectivity index (χ1n) is 7.21. The maximum atomic E-state index is 11.4. The summed E-state index contributed by atoms with van der Waals surface area (Å²) in [5, 5.41) is 11.7. The molecule has 1 aromatic heterocycles. The maximum Gasteiger partial charge on any atom is 0.358 e. The van der Waals surface area contributed by atoms with E-state index in [0.717, 1.165) is 18.9 Å².